The number of aromatic nitrogens is 3. The van der Waals surface area contributed by atoms with Gasteiger partial charge in [0.1, 0.15) is 6.61 Å². The van der Waals surface area contributed by atoms with Crippen molar-refractivity contribution in [3.05, 3.63) is 47.3 Å². The van der Waals surface area contributed by atoms with Crippen LogP contribution in [-0.2, 0) is 34.5 Å². The Hall–Kier alpha value is -2.25. The third-order valence-electron chi connectivity index (χ3n) is 4.53. The predicted octanol–water partition coefficient (Wildman–Crippen LogP) is 1.80. The number of fused-ring (bicyclic) bond motifs is 1. The summed E-state index contributed by atoms with van der Waals surface area (Å²) in [7, 11) is 1.98. The van der Waals surface area contributed by atoms with Gasteiger partial charge in [-0.15, -0.1) is 0 Å². The number of hydrogen-bond acceptors (Lipinski definition) is 5. The van der Waals surface area contributed by atoms with Crippen LogP contribution in [0.4, 0.5) is 0 Å². The van der Waals surface area contributed by atoms with Gasteiger partial charge in [0.15, 0.2) is 0 Å². The lowest BCUT2D eigenvalue weighted by Crippen LogP contribution is -2.41. The number of carbonyl (C=O) groups excluding carboxylic acids is 1. The molecule has 0 aliphatic carbocycles. The van der Waals surface area contributed by atoms with Gasteiger partial charge in [-0.3, -0.25) is 9.78 Å². The maximum absolute atomic E-state index is 12.4. The van der Waals surface area contributed by atoms with Crippen molar-refractivity contribution in [2.75, 3.05) is 26.4 Å². The summed E-state index contributed by atoms with van der Waals surface area (Å²) in [5.74, 6) is 0.0788. The van der Waals surface area contributed by atoms with Crippen LogP contribution < -0.4 is 0 Å². The summed E-state index contributed by atoms with van der Waals surface area (Å²) in [6.07, 6.45) is 1.80. The highest BCUT2D eigenvalue weighted by Crippen LogP contribution is 2.28. The van der Waals surface area contributed by atoms with Gasteiger partial charge in [-0.2, -0.15) is 0 Å². The van der Waals surface area contributed by atoms with E-state index >= 15 is 0 Å². The van der Waals surface area contributed by atoms with Crippen molar-refractivity contribution >= 4 is 5.91 Å². The summed E-state index contributed by atoms with van der Waals surface area (Å²) >= 11 is 0. The molecule has 0 N–H and O–H groups in total. The van der Waals surface area contributed by atoms with Gasteiger partial charge in [-0.25, -0.2) is 4.98 Å². The molecule has 1 amide bonds. The summed E-state index contributed by atoms with van der Waals surface area (Å²) in [5.41, 5.74) is 3.97. The Morgan fingerprint density at radius 3 is 2.96 bits per heavy atom. The van der Waals surface area contributed by atoms with E-state index in [0.29, 0.717) is 32.9 Å². The van der Waals surface area contributed by atoms with Gasteiger partial charge in [0, 0.05) is 37.5 Å². The number of amides is 1. The lowest BCUT2D eigenvalue weighted by molar-refractivity contribution is -0.137. The van der Waals surface area contributed by atoms with Gasteiger partial charge >= 0.3 is 0 Å². The largest absolute Gasteiger partial charge is 0.374 e. The molecule has 1 aliphatic rings. The number of hydrogen-bond donors (Lipinski definition) is 0. The highest BCUT2D eigenvalue weighted by atomic mass is 16.5. The molecule has 1 unspecified atom stereocenters. The molecule has 0 fully saturated rings. The van der Waals surface area contributed by atoms with Gasteiger partial charge in [0.25, 0.3) is 0 Å². The van der Waals surface area contributed by atoms with E-state index in [1.165, 1.54) is 0 Å². The summed E-state index contributed by atoms with van der Waals surface area (Å²) in [5, 5.41) is 0. The van der Waals surface area contributed by atoms with Crippen LogP contribution in [0.5, 0.6) is 0 Å². The fraction of sp³-hybridized carbons (Fsp3) is 0.526. The average molecular weight is 358 g/mol. The second kappa shape index (κ2) is 8.42. The van der Waals surface area contributed by atoms with Gasteiger partial charge in [-0.1, -0.05) is 6.07 Å². The molecular formula is C19H26N4O3. The normalized spacial score (nSPS) is 16.6. The van der Waals surface area contributed by atoms with Crippen LogP contribution >= 0.6 is 0 Å². The van der Waals surface area contributed by atoms with Crippen LogP contribution in [0.3, 0.4) is 0 Å². The van der Waals surface area contributed by atoms with Gasteiger partial charge in [0.2, 0.25) is 5.91 Å². The minimum Gasteiger partial charge on any atom is -0.374 e. The summed E-state index contributed by atoms with van der Waals surface area (Å²) in [6.45, 7) is 6.60. The minimum atomic E-state index is -0.00601. The van der Waals surface area contributed by atoms with Gasteiger partial charge in [-0.05, 0) is 26.0 Å². The van der Waals surface area contributed by atoms with E-state index in [1.54, 1.807) is 6.33 Å². The van der Waals surface area contributed by atoms with Gasteiger partial charge < -0.3 is 18.9 Å². The third-order valence-corrected chi connectivity index (χ3v) is 4.53. The van der Waals surface area contributed by atoms with Crippen molar-refractivity contribution < 1.29 is 14.3 Å². The second-order valence-corrected chi connectivity index (χ2v) is 6.58. The van der Waals surface area contributed by atoms with Crippen LogP contribution in [0.25, 0.3) is 0 Å². The Morgan fingerprint density at radius 1 is 1.35 bits per heavy atom. The van der Waals surface area contributed by atoms with Crippen LogP contribution in [0.1, 0.15) is 35.6 Å². The zero-order valence-corrected chi connectivity index (χ0v) is 15.6. The fourth-order valence-electron chi connectivity index (χ4n) is 3.32. The summed E-state index contributed by atoms with van der Waals surface area (Å²) < 4.78 is 13.2. The average Bonchev–Trinajstić information content (AvgIpc) is 3.01. The van der Waals surface area contributed by atoms with E-state index in [4.69, 9.17) is 9.47 Å². The number of aryl methyl sites for hydroxylation is 2. The third kappa shape index (κ3) is 4.28. The van der Waals surface area contributed by atoms with Crippen LogP contribution in [-0.4, -0.2) is 51.7 Å². The first-order chi connectivity index (χ1) is 12.6. The highest BCUT2D eigenvalue weighted by molar-refractivity contribution is 5.77. The molecule has 0 aromatic carbocycles. The lowest BCUT2D eigenvalue weighted by atomic mass is 9.99. The van der Waals surface area contributed by atoms with E-state index in [1.807, 2.05) is 48.6 Å². The first kappa shape index (κ1) is 18.5. The molecule has 3 rings (SSSR count). The molecule has 2 aromatic heterocycles. The molecule has 140 valence electrons. The van der Waals surface area contributed by atoms with Crippen LogP contribution in [0.2, 0.25) is 0 Å². The molecular weight excluding hydrogens is 332 g/mol. The summed E-state index contributed by atoms with van der Waals surface area (Å²) in [6, 6.07) is 5.91. The number of pyridine rings is 1. The molecule has 0 spiro atoms. The molecule has 3 heterocycles. The Bertz CT molecular complexity index is 759. The van der Waals surface area contributed by atoms with Crippen molar-refractivity contribution in [1.29, 1.82) is 0 Å². The number of carbonyl (C=O) groups is 1. The maximum atomic E-state index is 12.4. The van der Waals surface area contributed by atoms with E-state index < -0.39 is 0 Å². The molecule has 0 saturated carbocycles. The van der Waals surface area contributed by atoms with E-state index in [0.717, 1.165) is 22.8 Å². The quantitative estimate of drug-likeness (QED) is 0.755. The Morgan fingerprint density at radius 2 is 2.19 bits per heavy atom. The Balaban J connectivity index is 1.66. The molecule has 0 bridgehead atoms. The lowest BCUT2D eigenvalue weighted by Gasteiger charge is -2.32. The first-order valence-corrected chi connectivity index (χ1v) is 8.94. The number of ether oxygens (including phenoxy) is 2. The molecule has 7 heteroatoms. The molecule has 1 aliphatic heterocycles. The van der Waals surface area contributed by atoms with Crippen molar-refractivity contribution in [2.24, 2.45) is 7.05 Å². The highest BCUT2D eigenvalue weighted by Gasteiger charge is 2.31. The minimum absolute atomic E-state index is 0.00601. The Kier molecular flexibility index (Phi) is 6.00. The standard InChI is InChI=1S/C19H26N4O3/c1-4-25-12-18(24)23-8-15(19-17(9-23)20-13-22(19)3)10-26-11-16-7-5-6-14(2)21-16/h5-7,13,15H,4,8-12H2,1-3H3. The van der Waals surface area contributed by atoms with Gasteiger partial charge in [0.05, 0.1) is 37.5 Å². The summed E-state index contributed by atoms with van der Waals surface area (Å²) in [4.78, 5) is 23.1. The molecule has 1 atom stereocenters. The fourth-order valence-corrected chi connectivity index (χ4v) is 3.32. The zero-order chi connectivity index (χ0) is 18.5. The molecule has 26 heavy (non-hydrogen) atoms. The number of imidazole rings is 1. The number of rotatable bonds is 7. The topological polar surface area (TPSA) is 69.5 Å². The first-order valence-electron chi connectivity index (χ1n) is 8.94. The molecule has 7 nitrogen and oxygen atoms in total. The van der Waals surface area contributed by atoms with Crippen LogP contribution in [0.15, 0.2) is 24.5 Å². The SMILES string of the molecule is CCOCC(=O)N1Cc2ncn(C)c2C(COCc2cccc(C)n2)C1. The van der Waals surface area contributed by atoms with E-state index in [2.05, 4.69) is 9.97 Å². The van der Waals surface area contributed by atoms with E-state index in [-0.39, 0.29) is 18.4 Å². The predicted molar refractivity (Wildman–Crippen MR) is 96.5 cm³/mol. The van der Waals surface area contributed by atoms with Crippen molar-refractivity contribution in [1.82, 2.24) is 19.4 Å². The van der Waals surface area contributed by atoms with Crippen molar-refractivity contribution in [3.63, 3.8) is 0 Å². The number of nitrogens with zero attached hydrogens (tertiary/aromatic N) is 4. The monoisotopic (exact) mass is 358 g/mol. The zero-order valence-electron chi connectivity index (χ0n) is 15.6. The van der Waals surface area contributed by atoms with Crippen molar-refractivity contribution in [3.8, 4) is 0 Å². The smallest absolute Gasteiger partial charge is 0.248 e. The molecule has 2 aromatic rings. The molecule has 0 saturated heterocycles. The van der Waals surface area contributed by atoms with Crippen LogP contribution in [0, 0.1) is 6.92 Å². The van der Waals surface area contributed by atoms with Crippen molar-refractivity contribution in [2.45, 2.75) is 32.9 Å². The Labute approximate surface area is 154 Å². The maximum Gasteiger partial charge on any atom is 0.248 e. The molecule has 0 radical (unpaired) electrons. The van der Waals surface area contributed by atoms with E-state index in [9.17, 15) is 4.79 Å². The second-order valence-electron chi connectivity index (χ2n) is 6.58.